The van der Waals surface area contributed by atoms with E-state index in [2.05, 4.69) is 10.6 Å². The molecule has 1 aromatic carbocycles. The molecule has 1 saturated heterocycles. The van der Waals surface area contributed by atoms with Crippen molar-refractivity contribution >= 4 is 12.0 Å². The van der Waals surface area contributed by atoms with E-state index in [0.717, 1.165) is 31.2 Å². The predicted octanol–water partition coefficient (Wildman–Crippen LogP) is 3.25. The quantitative estimate of drug-likeness (QED) is 0.684. The maximum atomic E-state index is 12.5. The topological polar surface area (TPSA) is 87.7 Å². The number of carbonyl (C=O) groups excluding carboxylic acids is 1. The molecule has 2 amide bonds. The number of aliphatic carboxylic acids is 1. The first-order valence-corrected chi connectivity index (χ1v) is 10.0. The van der Waals surface area contributed by atoms with Crippen LogP contribution in [0, 0.1) is 0 Å². The number of amides is 2. The van der Waals surface area contributed by atoms with E-state index >= 15 is 0 Å². The summed E-state index contributed by atoms with van der Waals surface area (Å²) in [5.41, 5.74) is 1.05. The Hall–Kier alpha value is -2.08. The molecule has 3 rings (SSSR count). The molecule has 1 aliphatic heterocycles. The smallest absolute Gasteiger partial charge is 0.315 e. The van der Waals surface area contributed by atoms with Gasteiger partial charge in [0.15, 0.2) is 0 Å². The third-order valence-corrected chi connectivity index (χ3v) is 5.71. The van der Waals surface area contributed by atoms with Gasteiger partial charge in [0.1, 0.15) is 0 Å². The molecule has 2 unspecified atom stereocenters. The minimum atomic E-state index is -0.845. The summed E-state index contributed by atoms with van der Waals surface area (Å²) in [6, 6.07) is 9.55. The van der Waals surface area contributed by atoms with E-state index in [9.17, 15) is 9.59 Å². The number of hydrogen-bond donors (Lipinski definition) is 3. The minimum Gasteiger partial charge on any atom is -0.481 e. The first kappa shape index (κ1) is 19.7. The summed E-state index contributed by atoms with van der Waals surface area (Å²) in [6.45, 7) is 0.692. The van der Waals surface area contributed by atoms with Gasteiger partial charge in [-0.2, -0.15) is 0 Å². The van der Waals surface area contributed by atoms with Gasteiger partial charge in [-0.1, -0.05) is 43.2 Å². The van der Waals surface area contributed by atoms with Crippen LogP contribution in [-0.2, 0) is 16.0 Å². The summed E-state index contributed by atoms with van der Waals surface area (Å²) < 4.78 is 6.03. The number of rotatable bonds is 7. The number of urea groups is 1. The van der Waals surface area contributed by atoms with Crippen molar-refractivity contribution in [3.05, 3.63) is 35.9 Å². The molecule has 1 aromatic rings. The highest BCUT2D eigenvalue weighted by Gasteiger charge is 2.40. The van der Waals surface area contributed by atoms with E-state index in [1.54, 1.807) is 0 Å². The lowest BCUT2D eigenvalue weighted by atomic mass is 9.89. The maximum absolute atomic E-state index is 12.5. The van der Waals surface area contributed by atoms with Gasteiger partial charge in [0.05, 0.1) is 5.60 Å². The lowest BCUT2D eigenvalue weighted by Gasteiger charge is -2.38. The van der Waals surface area contributed by atoms with Crippen LogP contribution in [0.3, 0.4) is 0 Å². The SMILES string of the molecule is O=C(O)CCC(Cc1ccccc1)NC(=O)NC1CCOC2(CCCC2)C1. The molecule has 6 heteroatoms. The summed E-state index contributed by atoms with van der Waals surface area (Å²) in [5, 5.41) is 15.1. The number of carbonyl (C=O) groups is 2. The average molecular weight is 374 g/mol. The second kappa shape index (κ2) is 9.22. The number of carboxylic acids is 1. The maximum Gasteiger partial charge on any atom is 0.315 e. The van der Waals surface area contributed by atoms with Gasteiger partial charge in [-0.3, -0.25) is 4.79 Å². The number of nitrogens with one attached hydrogen (secondary N) is 2. The van der Waals surface area contributed by atoms with Crippen molar-refractivity contribution in [3.63, 3.8) is 0 Å². The lowest BCUT2D eigenvalue weighted by molar-refractivity contribution is -0.137. The van der Waals surface area contributed by atoms with Crippen molar-refractivity contribution in [2.45, 2.75) is 75.5 Å². The van der Waals surface area contributed by atoms with Crippen LogP contribution in [-0.4, -0.2) is 41.4 Å². The van der Waals surface area contributed by atoms with E-state index in [0.29, 0.717) is 19.4 Å². The van der Waals surface area contributed by atoms with Crippen molar-refractivity contribution in [1.82, 2.24) is 10.6 Å². The van der Waals surface area contributed by atoms with Gasteiger partial charge in [-0.15, -0.1) is 0 Å². The fraction of sp³-hybridized carbons (Fsp3) is 0.619. The molecule has 0 aromatic heterocycles. The van der Waals surface area contributed by atoms with Gasteiger partial charge >= 0.3 is 12.0 Å². The molecule has 1 heterocycles. The molecule has 0 bridgehead atoms. The van der Waals surface area contributed by atoms with Gasteiger partial charge in [0.2, 0.25) is 0 Å². The largest absolute Gasteiger partial charge is 0.481 e. The van der Waals surface area contributed by atoms with Crippen LogP contribution < -0.4 is 10.6 Å². The number of hydrogen-bond acceptors (Lipinski definition) is 3. The third kappa shape index (κ3) is 5.96. The van der Waals surface area contributed by atoms with E-state index < -0.39 is 5.97 Å². The second-order valence-corrected chi connectivity index (χ2v) is 7.87. The van der Waals surface area contributed by atoms with Crippen molar-refractivity contribution in [2.75, 3.05) is 6.61 Å². The highest BCUT2D eigenvalue weighted by molar-refractivity contribution is 5.74. The molecule has 2 aliphatic rings. The zero-order valence-corrected chi connectivity index (χ0v) is 15.8. The second-order valence-electron chi connectivity index (χ2n) is 7.87. The van der Waals surface area contributed by atoms with Gasteiger partial charge in [0.25, 0.3) is 0 Å². The molecule has 1 spiro atoms. The van der Waals surface area contributed by atoms with Crippen LogP contribution in [0.4, 0.5) is 4.79 Å². The summed E-state index contributed by atoms with van der Waals surface area (Å²) >= 11 is 0. The molecule has 0 radical (unpaired) electrons. The molecule has 1 aliphatic carbocycles. The Labute approximate surface area is 160 Å². The van der Waals surface area contributed by atoms with Crippen molar-refractivity contribution in [1.29, 1.82) is 0 Å². The normalized spacial score (nSPS) is 22.3. The van der Waals surface area contributed by atoms with Crippen LogP contribution in [0.15, 0.2) is 30.3 Å². The van der Waals surface area contributed by atoms with Gasteiger partial charge in [-0.05, 0) is 44.1 Å². The van der Waals surface area contributed by atoms with Crippen LogP contribution in [0.2, 0.25) is 0 Å². The summed E-state index contributed by atoms with van der Waals surface area (Å²) in [7, 11) is 0. The predicted molar refractivity (Wildman–Crippen MR) is 103 cm³/mol. The van der Waals surface area contributed by atoms with Gasteiger partial charge in [0, 0.05) is 25.1 Å². The average Bonchev–Trinajstić information content (AvgIpc) is 3.08. The Morgan fingerprint density at radius 2 is 1.96 bits per heavy atom. The summed E-state index contributed by atoms with van der Waals surface area (Å²) in [5.74, 6) is -0.845. The molecular weight excluding hydrogens is 344 g/mol. The van der Waals surface area contributed by atoms with Gasteiger partial charge < -0.3 is 20.5 Å². The highest BCUT2D eigenvalue weighted by Crippen LogP contribution is 2.39. The Morgan fingerprint density at radius 1 is 1.22 bits per heavy atom. The Kier molecular flexibility index (Phi) is 6.72. The fourth-order valence-electron chi connectivity index (χ4n) is 4.35. The van der Waals surface area contributed by atoms with Crippen LogP contribution >= 0.6 is 0 Å². The number of ether oxygens (including phenoxy) is 1. The Balaban J connectivity index is 1.53. The summed E-state index contributed by atoms with van der Waals surface area (Å²) in [4.78, 5) is 23.5. The minimum absolute atomic E-state index is 0.0387. The molecule has 1 saturated carbocycles. The standard InChI is InChI=1S/C21H30N2O4/c24-19(25)9-8-17(14-16-6-2-1-3-7-16)22-20(26)23-18-10-13-27-21(15-18)11-4-5-12-21/h1-3,6-7,17-18H,4-5,8-15H2,(H,24,25)(H2,22,23,26). The Bertz CT molecular complexity index is 628. The van der Waals surface area contributed by atoms with Crippen LogP contribution in [0.1, 0.15) is 56.9 Å². The van der Waals surface area contributed by atoms with Gasteiger partial charge in [-0.25, -0.2) is 4.79 Å². The molecular formula is C21H30N2O4. The number of benzene rings is 1. The molecule has 6 nitrogen and oxygen atoms in total. The lowest BCUT2D eigenvalue weighted by Crippen LogP contribution is -2.52. The molecule has 148 valence electrons. The van der Waals surface area contributed by atoms with Crippen LogP contribution in [0.25, 0.3) is 0 Å². The first-order valence-electron chi connectivity index (χ1n) is 10.0. The Morgan fingerprint density at radius 3 is 2.67 bits per heavy atom. The molecule has 3 N–H and O–H groups in total. The highest BCUT2D eigenvalue weighted by atomic mass is 16.5. The molecule has 2 fully saturated rings. The van der Waals surface area contributed by atoms with Crippen LogP contribution in [0.5, 0.6) is 0 Å². The van der Waals surface area contributed by atoms with E-state index in [4.69, 9.17) is 9.84 Å². The summed E-state index contributed by atoms with van der Waals surface area (Å²) in [6.07, 6.45) is 7.35. The van der Waals surface area contributed by atoms with Crippen molar-refractivity contribution in [2.24, 2.45) is 0 Å². The monoisotopic (exact) mass is 374 g/mol. The number of carboxylic acid groups (broad SMARTS) is 1. The van der Waals surface area contributed by atoms with Crippen molar-refractivity contribution in [3.8, 4) is 0 Å². The van der Waals surface area contributed by atoms with Crippen molar-refractivity contribution < 1.29 is 19.4 Å². The van der Waals surface area contributed by atoms with E-state index in [1.165, 1.54) is 12.8 Å². The van der Waals surface area contributed by atoms with E-state index in [-0.39, 0.29) is 30.1 Å². The fourth-order valence-corrected chi connectivity index (χ4v) is 4.35. The zero-order valence-electron chi connectivity index (χ0n) is 15.8. The molecule has 27 heavy (non-hydrogen) atoms. The van der Waals surface area contributed by atoms with E-state index in [1.807, 2.05) is 30.3 Å². The first-order chi connectivity index (χ1) is 13.0. The molecule has 2 atom stereocenters. The zero-order chi connectivity index (χ0) is 19.1. The third-order valence-electron chi connectivity index (χ3n) is 5.71.